The summed E-state index contributed by atoms with van der Waals surface area (Å²) in [6.45, 7) is 1.99. The minimum atomic E-state index is -0.242. The van der Waals surface area contributed by atoms with Crippen molar-refractivity contribution in [2.75, 3.05) is 5.43 Å². The zero-order valence-electron chi connectivity index (χ0n) is 14.4. The molecule has 2 N–H and O–H groups in total. The van der Waals surface area contributed by atoms with Gasteiger partial charge in [-0.05, 0) is 36.8 Å². The van der Waals surface area contributed by atoms with Gasteiger partial charge in [-0.2, -0.15) is 5.10 Å². The number of rotatable bonds is 6. The van der Waals surface area contributed by atoms with Gasteiger partial charge in [-0.25, -0.2) is 10.4 Å². The largest absolute Gasteiger partial charge is 0.489 e. The normalized spacial score (nSPS) is 10.9. The number of halogens is 2. The third kappa shape index (κ3) is 5.32. The van der Waals surface area contributed by atoms with Crippen molar-refractivity contribution < 1.29 is 4.74 Å². The Morgan fingerprint density at radius 1 is 1.19 bits per heavy atom. The molecular formula is C19H16Cl2N4O2. The molecule has 3 rings (SSSR count). The Balaban J connectivity index is 1.65. The van der Waals surface area contributed by atoms with Gasteiger partial charge in [0.25, 0.3) is 5.56 Å². The number of benzene rings is 2. The van der Waals surface area contributed by atoms with Crippen molar-refractivity contribution in [3.63, 3.8) is 0 Å². The molecule has 0 aliphatic heterocycles. The molecule has 1 heterocycles. The summed E-state index contributed by atoms with van der Waals surface area (Å²) >= 11 is 12.3. The van der Waals surface area contributed by atoms with Crippen LogP contribution in [0.5, 0.6) is 5.75 Å². The SMILES string of the molecule is Cc1cc(=O)[nH]c(N/N=C/c2cccc(OCc3c(Cl)cccc3Cl)c2)n1. The Hall–Kier alpha value is -2.83. The van der Waals surface area contributed by atoms with E-state index in [0.717, 1.165) is 11.1 Å². The number of aryl methyl sites for hydroxylation is 1. The van der Waals surface area contributed by atoms with Crippen LogP contribution in [-0.4, -0.2) is 16.2 Å². The number of nitrogens with zero attached hydrogens (tertiary/aromatic N) is 2. The number of H-pyrrole nitrogens is 1. The fraction of sp³-hybridized carbons (Fsp3) is 0.105. The maximum Gasteiger partial charge on any atom is 0.252 e. The Morgan fingerprint density at radius 3 is 2.67 bits per heavy atom. The van der Waals surface area contributed by atoms with Gasteiger partial charge in [0.1, 0.15) is 12.4 Å². The van der Waals surface area contributed by atoms with E-state index in [1.54, 1.807) is 31.3 Å². The molecule has 0 radical (unpaired) electrons. The molecule has 3 aromatic rings. The van der Waals surface area contributed by atoms with E-state index in [0.29, 0.717) is 21.5 Å². The molecular weight excluding hydrogens is 387 g/mol. The molecule has 0 spiro atoms. The smallest absolute Gasteiger partial charge is 0.252 e. The highest BCUT2D eigenvalue weighted by Crippen LogP contribution is 2.26. The van der Waals surface area contributed by atoms with Gasteiger partial charge in [0, 0.05) is 27.4 Å². The number of hydrogen-bond acceptors (Lipinski definition) is 5. The second-order valence-electron chi connectivity index (χ2n) is 5.67. The van der Waals surface area contributed by atoms with E-state index in [2.05, 4.69) is 20.5 Å². The molecule has 0 saturated heterocycles. The molecule has 0 saturated carbocycles. The van der Waals surface area contributed by atoms with Crippen molar-refractivity contribution in [3.05, 3.63) is 85.8 Å². The van der Waals surface area contributed by atoms with E-state index >= 15 is 0 Å². The van der Waals surface area contributed by atoms with Gasteiger partial charge in [0.2, 0.25) is 5.95 Å². The number of ether oxygens (including phenoxy) is 1. The van der Waals surface area contributed by atoms with Crippen LogP contribution >= 0.6 is 23.2 Å². The molecule has 0 atom stereocenters. The van der Waals surface area contributed by atoms with Gasteiger partial charge < -0.3 is 4.74 Å². The van der Waals surface area contributed by atoms with E-state index in [4.69, 9.17) is 27.9 Å². The standard InChI is InChI=1S/C19H16Cl2N4O2/c1-12-8-18(26)24-19(23-12)25-22-10-13-4-2-5-14(9-13)27-11-15-16(20)6-3-7-17(15)21/h2-10H,11H2,1H3,(H2,23,24,25,26)/b22-10+. The van der Waals surface area contributed by atoms with Crippen LogP contribution in [0.15, 0.2) is 58.4 Å². The number of aromatic nitrogens is 2. The lowest BCUT2D eigenvalue weighted by molar-refractivity contribution is 0.306. The van der Waals surface area contributed by atoms with Crippen LogP contribution in [0, 0.1) is 6.92 Å². The highest BCUT2D eigenvalue weighted by Gasteiger charge is 2.06. The quantitative estimate of drug-likeness (QED) is 0.472. The van der Waals surface area contributed by atoms with Gasteiger partial charge in [0.05, 0.1) is 6.21 Å². The third-order valence-electron chi connectivity index (χ3n) is 3.56. The fourth-order valence-electron chi connectivity index (χ4n) is 2.31. The number of hydrazone groups is 1. The zero-order valence-corrected chi connectivity index (χ0v) is 15.9. The summed E-state index contributed by atoms with van der Waals surface area (Å²) in [4.78, 5) is 18.1. The van der Waals surface area contributed by atoms with Gasteiger partial charge >= 0.3 is 0 Å². The van der Waals surface area contributed by atoms with Crippen LogP contribution in [0.4, 0.5) is 5.95 Å². The Bertz CT molecular complexity index is 1010. The topological polar surface area (TPSA) is 79.4 Å². The van der Waals surface area contributed by atoms with Crippen molar-refractivity contribution in [2.45, 2.75) is 13.5 Å². The maximum atomic E-state index is 11.4. The molecule has 0 aliphatic rings. The van der Waals surface area contributed by atoms with Crippen LogP contribution in [0.3, 0.4) is 0 Å². The molecule has 1 aromatic heterocycles. The van der Waals surface area contributed by atoms with Crippen LogP contribution in [0.25, 0.3) is 0 Å². The first kappa shape index (κ1) is 18.9. The van der Waals surface area contributed by atoms with Gasteiger partial charge in [-0.3, -0.25) is 9.78 Å². The first-order chi connectivity index (χ1) is 13.0. The zero-order chi connectivity index (χ0) is 19.2. The molecule has 8 heteroatoms. The fourth-order valence-corrected chi connectivity index (χ4v) is 2.82. The van der Waals surface area contributed by atoms with Crippen LogP contribution in [-0.2, 0) is 6.61 Å². The summed E-state index contributed by atoms with van der Waals surface area (Å²) in [5.41, 5.74) is 4.59. The average Bonchev–Trinajstić information content (AvgIpc) is 2.61. The van der Waals surface area contributed by atoms with Crippen molar-refractivity contribution in [1.82, 2.24) is 9.97 Å². The van der Waals surface area contributed by atoms with Crippen molar-refractivity contribution in [2.24, 2.45) is 5.10 Å². The molecule has 0 amide bonds. The summed E-state index contributed by atoms with van der Waals surface area (Å²) in [5, 5.41) is 5.19. The predicted molar refractivity (Wildman–Crippen MR) is 108 cm³/mol. The summed E-state index contributed by atoms with van der Waals surface area (Å²) in [5.74, 6) is 0.925. The first-order valence-electron chi connectivity index (χ1n) is 8.04. The average molecular weight is 403 g/mol. The molecule has 0 fully saturated rings. The number of anilines is 1. The van der Waals surface area contributed by atoms with Gasteiger partial charge in [-0.15, -0.1) is 0 Å². The van der Waals surface area contributed by atoms with Gasteiger partial charge in [0.15, 0.2) is 0 Å². The second kappa shape index (κ2) is 8.70. The molecule has 0 aliphatic carbocycles. The molecule has 0 bridgehead atoms. The Labute approximate surface area is 165 Å². The number of nitrogens with one attached hydrogen (secondary N) is 2. The molecule has 27 heavy (non-hydrogen) atoms. The highest BCUT2D eigenvalue weighted by atomic mass is 35.5. The van der Waals surface area contributed by atoms with E-state index in [-0.39, 0.29) is 18.1 Å². The van der Waals surface area contributed by atoms with Gasteiger partial charge in [-0.1, -0.05) is 41.4 Å². The molecule has 138 valence electrons. The van der Waals surface area contributed by atoms with Crippen molar-refractivity contribution >= 4 is 35.4 Å². The number of hydrogen-bond donors (Lipinski definition) is 2. The lowest BCUT2D eigenvalue weighted by Crippen LogP contribution is -2.10. The molecule has 2 aromatic carbocycles. The van der Waals surface area contributed by atoms with Crippen molar-refractivity contribution in [1.29, 1.82) is 0 Å². The molecule has 6 nitrogen and oxygen atoms in total. The summed E-state index contributed by atoms with van der Waals surface area (Å²) in [6.07, 6.45) is 1.59. The molecule has 0 unspecified atom stereocenters. The Morgan fingerprint density at radius 2 is 1.93 bits per heavy atom. The predicted octanol–water partition coefficient (Wildman–Crippen LogP) is 4.41. The second-order valence-corrected chi connectivity index (χ2v) is 6.48. The van der Waals surface area contributed by atoms with Crippen LogP contribution in [0.2, 0.25) is 10.0 Å². The van der Waals surface area contributed by atoms with Crippen molar-refractivity contribution in [3.8, 4) is 5.75 Å². The summed E-state index contributed by atoms with van der Waals surface area (Å²) in [7, 11) is 0. The van der Waals surface area contributed by atoms with E-state index < -0.39 is 0 Å². The van der Waals surface area contributed by atoms with E-state index in [9.17, 15) is 4.79 Å². The third-order valence-corrected chi connectivity index (χ3v) is 4.26. The van der Waals surface area contributed by atoms with E-state index in [1.807, 2.05) is 24.3 Å². The highest BCUT2D eigenvalue weighted by molar-refractivity contribution is 6.35. The Kier molecular flexibility index (Phi) is 6.11. The summed E-state index contributed by atoms with van der Waals surface area (Å²) in [6, 6.07) is 14.1. The lowest BCUT2D eigenvalue weighted by Gasteiger charge is -2.09. The van der Waals surface area contributed by atoms with Crippen LogP contribution in [0.1, 0.15) is 16.8 Å². The first-order valence-corrected chi connectivity index (χ1v) is 8.79. The number of aromatic amines is 1. The monoisotopic (exact) mass is 402 g/mol. The minimum Gasteiger partial charge on any atom is -0.489 e. The summed E-state index contributed by atoms with van der Waals surface area (Å²) < 4.78 is 5.78. The minimum absolute atomic E-state index is 0.242. The van der Waals surface area contributed by atoms with E-state index in [1.165, 1.54) is 6.07 Å². The lowest BCUT2D eigenvalue weighted by atomic mass is 10.2. The van der Waals surface area contributed by atoms with Crippen LogP contribution < -0.4 is 15.7 Å². The maximum absolute atomic E-state index is 11.4.